The van der Waals surface area contributed by atoms with Crippen molar-refractivity contribution in [1.29, 1.82) is 0 Å². The van der Waals surface area contributed by atoms with E-state index in [0.717, 1.165) is 10.4 Å². The van der Waals surface area contributed by atoms with Crippen LogP contribution >= 0.6 is 22.9 Å². The Kier molecular flexibility index (Phi) is 5.58. The number of carbonyl (C=O) groups is 1. The second-order valence-electron chi connectivity index (χ2n) is 5.80. The maximum atomic E-state index is 12.6. The highest BCUT2D eigenvalue weighted by Gasteiger charge is 2.13. The third-order valence-electron chi connectivity index (χ3n) is 3.96. The number of hydrogen-bond donors (Lipinski definition) is 1. The number of ether oxygens (including phenoxy) is 1. The van der Waals surface area contributed by atoms with E-state index in [9.17, 15) is 9.59 Å². The summed E-state index contributed by atoms with van der Waals surface area (Å²) >= 11 is 7.37. The summed E-state index contributed by atoms with van der Waals surface area (Å²) in [5, 5.41) is 3.91. The Bertz CT molecular complexity index is 1010. The molecule has 0 saturated carbocycles. The number of aryl methyl sites for hydroxylation is 2. The molecule has 6 nitrogen and oxygen atoms in total. The van der Waals surface area contributed by atoms with Gasteiger partial charge in [0.1, 0.15) is 23.7 Å². The van der Waals surface area contributed by atoms with Crippen LogP contribution in [0.1, 0.15) is 10.4 Å². The van der Waals surface area contributed by atoms with Gasteiger partial charge in [0.25, 0.3) is 5.56 Å². The van der Waals surface area contributed by atoms with Gasteiger partial charge in [0.05, 0.1) is 18.3 Å². The monoisotopic (exact) mass is 391 g/mol. The van der Waals surface area contributed by atoms with Gasteiger partial charge in [-0.05, 0) is 37.6 Å². The number of nitrogens with zero attached hydrogens (tertiary/aromatic N) is 2. The van der Waals surface area contributed by atoms with Crippen LogP contribution in [0.5, 0.6) is 5.75 Å². The number of carbonyl (C=O) groups excluding carboxylic acids is 1. The first kappa shape index (κ1) is 18.4. The molecule has 0 bridgehead atoms. The second-order valence-corrected chi connectivity index (χ2v) is 7.44. The van der Waals surface area contributed by atoms with Crippen LogP contribution in [0.15, 0.2) is 35.4 Å². The summed E-state index contributed by atoms with van der Waals surface area (Å²) < 4.78 is 6.84. The molecule has 0 atom stereocenters. The lowest BCUT2D eigenvalue weighted by Crippen LogP contribution is -2.34. The predicted octanol–water partition coefficient (Wildman–Crippen LogP) is 2.92. The zero-order chi connectivity index (χ0) is 18.7. The van der Waals surface area contributed by atoms with Crippen molar-refractivity contribution < 1.29 is 9.53 Å². The van der Waals surface area contributed by atoms with Gasteiger partial charge in [0.15, 0.2) is 0 Å². The van der Waals surface area contributed by atoms with Crippen LogP contribution in [0, 0.1) is 13.8 Å². The molecule has 0 fully saturated rings. The average Bonchev–Trinajstić information content (AvgIpc) is 2.89. The Morgan fingerprint density at radius 2 is 2.19 bits per heavy atom. The lowest BCUT2D eigenvalue weighted by Gasteiger charge is -2.09. The maximum Gasteiger partial charge on any atom is 0.262 e. The van der Waals surface area contributed by atoms with Gasteiger partial charge in [-0.1, -0.05) is 17.7 Å². The highest BCUT2D eigenvalue weighted by Crippen LogP contribution is 2.25. The van der Waals surface area contributed by atoms with Crippen LogP contribution in [0.2, 0.25) is 5.02 Å². The molecule has 136 valence electrons. The Hall–Kier alpha value is -2.38. The fourth-order valence-corrected chi connectivity index (χ4v) is 3.68. The Morgan fingerprint density at radius 3 is 2.96 bits per heavy atom. The standard InChI is InChI=1S/C18H18ClN3O3S/c1-11-12(2)26-17-16(11)18(24)22(10-21-17)9-15(23)20-6-7-25-14-5-3-4-13(19)8-14/h3-5,8,10H,6-7,9H2,1-2H3,(H,20,23). The summed E-state index contributed by atoms with van der Waals surface area (Å²) in [5.74, 6) is 0.369. The van der Waals surface area contributed by atoms with Crippen molar-refractivity contribution in [1.82, 2.24) is 14.9 Å². The van der Waals surface area contributed by atoms with Crippen LogP contribution in [0.3, 0.4) is 0 Å². The first-order valence-electron chi connectivity index (χ1n) is 8.06. The molecule has 26 heavy (non-hydrogen) atoms. The molecule has 0 radical (unpaired) electrons. The second kappa shape index (κ2) is 7.88. The van der Waals surface area contributed by atoms with Gasteiger partial charge in [0.2, 0.25) is 5.91 Å². The predicted molar refractivity (Wildman–Crippen MR) is 103 cm³/mol. The van der Waals surface area contributed by atoms with Crippen LogP contribution in [0.25, 0.3) is 10.2 Å². The zero-order valence-electron chi connectivity index (χ0n) is 14.4. The summed E-state index contributed by atoms with van der Waals surface area (Å²) in [6.45, 7) is 4.41. The quantitative estimate of drug-likeness (QED) is 0.656. The lowest BCUT2D eigenvalue weighted by molar-refractivity contribution is -0.121. The van der Waals surface area contributed by atoms with E-state index < -0.39 is 0 Å². The topological polar surface area (TPSA) is 73.2 Å². The third kappa shape index (κ3) is 4.05. The summed E-state index contributed by atoms with van der Waals surface area (Å²) in [7, 11) is 0. The molecule has 0 saturated heterocycles. The summed E-state index contributed by atoms with van der Waals surface area (Å²) in [5.41, 5.74) is 0.731. The molecule has 0 aliphatic heterocycles. The molecule has 0 aliphatic rings. The molecule has 2 heterocycles. The van der Waals surface area contributed by atoms with Gasteiger partial charge in [-0.25, -0.2) is 4.98 Å². The highest BCUT2D eigenvalue weighted by atomic mass is 35.5. The number of halogens is 1. The molecular weight excluding hydrogens is 374 g/mol. The van der Waals surface area contributed by atoms with Crippen molar-refractivity contribution in [3.05, 3.63) is 56.4 Å². The van der Waals surface area contributed by atoms with Crippen molar-refractivity contribution in [2.75, 3.05) is 13.2 Å². The smallest absolute Gasteiger partial charge is 0.262 e. The molecule has 0 unspecified atom stereocenters. The fourth-order valence-electron chi connectivity index (χ4n) is 2.51. The molecule has 2 aromatic heterocycles. The maximum absolute atomic E-state index is 12.6. The first-order valence-corrected chi connectivity index (χ1v) is 9.25. The fraction of sp³-hybridized carbons (Fsp3) is 0.278. The number of rotatable bonds is 6. The number of thiophene rings is 1. The van der Waals surface area contributed by atoms with Crippen molar-refractivity contribution in [3.63, 3.8) is 0 Å². The minimum atomic E-state index is -0.271. The van der Waals surface area contributed by atoms with Crippen LogP contribution < -0.4 is 15.6 Å². The molecule has 0 aliphatic carbocycles. The van der Waals surface area contributed by atoms with Crippen molar-refractivity contribution in [2.24, 2.45) is 0 Å². The molecule has 1 aromatic carbocycles. The largest absolute Gasteiger partial charge is 0.492 e. The van der Waals surface area contributed by atoms with E-state index in [0.29, 0.717) is 34.1 Å². The van der Waals surface area contributed by atoms with E-state index in [1.165, 1.54) is 22.2 Å². The van der Waals surface area contributed by atoms with E-state index in [4.69, 9.17) is 16.3 Å². The Labute approximate surface area is 159 Å². The molecule has 1 N–H and O–H groups in total. The van der Waals surface area contributed by atoms with Gasteiger partial charge in [0, 0.05) is 9.90 Å². The molecule has 0 spiro atoms. The van der Waals surface area contributed by atoms with Crippen molar-refractivity contribution in [2.45, 2.75) is 20.4 Å². The molecule has 3 rings (SSSR count). The van der Waals surface area contributed by atoms with Crippen LogP contribution in [0.4, 0.5) is 0 Å². The van der Waals surface area contributed by atoms with Gasteiger partial charge in [-0.3, -0.25) is 14.2 Å². The number of fused-ring (bicyclic) bond motifs is 1. The Morgan fingerprint density at radius 1 is 1.38 bits per heavy atom. The van der Waals surface area contributed by atoms with Gasteiger partial charge >= 0.3 is 0 Å². The van der Waals surface area contributed by atoms with E-state index in [-0.39, 0.29) is 18.0 Å². The third-order valence-corrected chi connectivity index (χ3v) is 5.31. The van der Waals surface area contributed by atoms with Crippen LogP contribution in [-0.2, 0) is 11.3 Å². The Balaban J connectivity index is 1.57. The van der Waals surface area contributed by atoms with Crippen molar-refractivity contribution in [3.8, 4) is 5.75 Å². The first-order chi connectivity index (χ1) is 12.5. The molecule has 1 amide bonds. The molecule has 8 heteroatoms. The van der Waals surface area contributed by atoms with Gasteiger partial charge in [-0.2, -0.15) is 0 Å². The summed E-state index contributed by atoms with van der Waals surface area (Å²) in [4.78, 5) is 30.7. The number of amides is 1. The number of hydrogen-bond acceptors (Lipinski definition) is 5. The van der Waals surface area contributed by atoms with Crippen LogP contribution in [-0.4, -0.2) is 28.6 Å². The normalized spacial score (nSPS) is 10.9. The summed E-state index contributed by atoms with van der Waals surface area (Å²) in [6, 6.07) is 7.05. The lowest BCUT2D eigenvalue weighted by atomic mass is 10.2. The zero-order valence-corrected chi connectivity index (χ0v) is 16.0. The van der Waals surface area contributed by atoms with E-state index in [1.807, 2.05) is 13.8 Å². The number of nitrogens with one attached hydrogen (secondary N) is 1. The minimum Gasteiger partial charge on any atom is -0.492 e. The number of benzene rings is 1. The highest BCUT2D eigenvalue weighted by molar-refractivity contribution is 7.18. The summed E-state index contributed by atoms with van der Waals surface area (Å²) in [6.07, 6.45) is 1.42. The molecular formula is C18H18ClN3O3S. The van der Waals surface area contributed by atoms with E-state index in [1.54, 1.807) is 24.3 Å². The van der Waals surface area contributed by atoms with E-state index in [2.05, 4.69) is 10.3 Å². The number of aromatic nitrogens is 2. The van der Waals surface area contributed by atoms with Crippen molar-refractivity contribution >= 4 is 39.1 Å². The SMILES string of the molecule is Cc1sc2ncn(CC(=O)NCCOc3cccc(Cl)c3)c(=O)c2c1C. The van der Waals surface area contributed by atoms with Gasteiger partial charge in [-0.15, -0.1) is 11.3 Å². The van der Waals surface area contributed by atoms with E-state index >= 15 is 0 Å². The minimum absolute atomic E-state index is 0.0761. The van der Waals surface area contributed by atoms with Gasteiger partial charge < -0.3 is 10.1 Å². The molecule has 3 aromatic rings. The average molecular weight is 392 g/mol.